The molecule has 0 aromatic carbocycles. The van der Waals surface area contributed by atoms with Crippen molar-refractivity contribution in [3.63, 3.8) is 0 Å². The molecule has 0 saturated carbocycles. The normalized spacial score (nSPS) is 13.9. The molecule has 1 aliphatic rings. The van der Waals surface area contributed by atoms with Gasteiger partial charge in [-0.2, -0.15) is 5.10 Å². The first-order valence-electron chi connectivity index (χ1n) is 10.1. The Morgan fingerprint density at radius 3 is 2.78 bits per heavy atom. The van der Waals surface area contributed by atoms with Crippen molar-refractivity contribution in [3.8, 4) is 16.4 Å². The molecule has 0 aliphatic carbocycles. The lowest BCUT2D eigenvalue weighted by molar-refractivity contribution is -0.120. The van der Waals surface area contributed by atoms with Gasteiger partial charge in [0.2, 0.25) is 5.91 Å². The number of carbonyl (C=O) groups is 1. The second-order valence-electron chi connectivity index (χ2n) is 7.49. The average molecular weight is 443 g/mol. The van der Waals surface area contributed by atoms with Crippen LogP contribution in [0.4, 0.5) is 11.6 Å². The topological polar surface area (TPSA) is 93.2 Å². The first kappa shape index (κ1) is 18.7. The summed E-state index contributed by atoms with van der Waals surface area (Å²) in [5, 5.41) is 9.34. The van der Waals surface area contributed by atoms with Crippen LogP contribution in [0.1, 0.15) is 0 Å². The van der Waals surface area contributed by atoms with Crippen molar-refractivity contribution in [1.82, 2.24) is 29.1 Å². The number of rotatable bonds is 5. The molecule has 6 rings (SSSR count). The first-order valence-corrected chi connectivity index (χ1v) is 11.0. The molecule has 158 valence electrons. The number of anilines is 2. The van der Waals surface area contributed by atoms with Crippen LogP contribution in [0.2, 0.25) is 0 Å². The van der Waals surface area contributed by atoms with Gasteiger partial charge in [0.25, 0.3) is 0 Å². The van der Waals surface area contributed by atoms with Crippen LogP contribution in [0.5, 0.6) is 0 Å². The van der Waals surface area contributed by atoms with Crippen molar-refractivity contribution in [2.75, 3.05) is 23.3 Å². The highest BCUT2D eigenvalue weighted by Crippen LogP contribution is 2.33. The molecule has 0 bridgehead atoms. The lowest BCUT2D eigenvalue weighted by Crippen LogP contribution is -2.52. The summed E-state index contributed by atoms with van der Waals surface area (Å²) in [7, 11) is 0. The summed E-state index contributed by atoms with van der Waals surface area (Å²) >= 11 is 1.60. The lowest BCUT2D eigenvalue weighted by atomic mass is 9.99. The summed E-state index contributed by atoms with van der Waals surface area (Å²) in [5.41, 5.74) is 1.59. The maximum absolute atomic E-state index is 13.1. The summed E-state index contributed by atoms with van der Waals surface area (Å²) < 4.78 is 3.61. The maximum Gasteiger partial charge on any atom is 0.232 e. The zero-order chi connectivity index (χ0) is 21.5. The predicted molar refractivity (Wildman–Crippen MR) is 122 cm³/mol. The zero-order valence-electron chi connectivity index (χ0n) is 16.9. The molecule has 5 aromatic heterocycles. The number of imidazole rings is 1. The summed E-state index contributed by atoms with van der Waals surface area (Å²) in [6, 6.07) is 13.5. The van der Waals surface area contributed by atoms with E-state index in [1.165, 1.54) is 6.33 Å². The van der Waals surface area contributed by atoms with E-state index in [9.17, 15) is 4.79 Å². The predicted octanol–water partition coefficient (Wildman–Crippen LogP) is 3.11. The molecular formula is C22H18N8OS. The number of amides is 1. The van der Waals surface area contributed by atoms with Gasteiger partial charge in [-0.3, -0.25) is 9.20 Å². The monoisotopic (exact) mass is 442 g/mol. The SMILES string of the molecule is O=C(Nc1c(-c2cccs2)nc2ccccn12)C1CN(c2cc(-n3cccn3)ncn2)C1. The molecular weight excluding hydrogens is 424 g/mol. The molecule has 1 fully saturated rings. The quantitative estimate of drug-likeness (QED) is 0.450. The van der Waals surface area contributed by atoms with Crippen LogP contribution in [0.15, 0.2) is 72.8 Å². The van der Waals surface area contributed by atoms with Crippen molar-refractivity contribution in [3.05, 3.63) is 72.8 Å². The average Bonchev–Trinajstić information content (AvgIpc) is 3.54. The van der Waals surface area contributed by atoms with Crippen LogP contribution in [-0.4, -0.2) is 48.1 Å². The molecule has 5 aromatic rings. The Bertz CT molecular complexity index is 1390. The van der Waals surface area contributed by atoms with Crippen LogP contribution in [0, 0.1) is 5.92 Å². The Morgan fingerprint density at radius 2 is 1.97 bits per heavy atom. The third kappa shape index (κ3) is 3.21. The van der Waals surface area contributed by atoms with Gasteiger partial charge in [0.1, 0.15) is 29.3 Å². The van der Waals surface area contributed by atoms with Gasteiger partial charge in [-0.05, 0) is 29.6 Å². The minimum atomic E-state index is -0.136. The number of nitrogens with one attached hydrogen (secondary N) is 1. The highest BCUT2D eigenvalue weighted by atomic mass is 32.1. The van der Waals surface area contributed by atoms with Gasteiger partial charge in [0.15, 0.2) is 5.82 Å². The zero-order valence-corrected chi connectivity index (χ0v) is 17.7. The van der Waals surface area contributed by atoms with Gasteiger partial charge < -0.3 is 10.2 Å². The van der Waals surface area contributed by atoms with Gasteiger partial charge in [-0.1, -0.05) is 12.1 Å². The molecule has 0 unspecified atom stereocenters. The minimum absolute atomic E-state index is 0.0222. The van der Waals surface area contributed by atoms with E-state index in [4.69, 9.17) is 4.98 Å². The molecule has 0 radical (unpaired) electrons. The third-order valence-electron chi connectivity index (χ3n) is 5.48. The van der Waals surface area contributed by atoms with Crippen LogP contribution < -0.4 is 10.2 Å². The fourth-order valence-corrected chi connectivity index (χ4v) is 4.51. The number of nitrogens with zero attached hydrogens (tertiary/aromatic N) is 7. The summed E-state index contributed by atoms with van der Waals surface area (Å²) in [4.78, 5) is 29.5. The third-order valence-corrected chi connectivity index (χ3v) is 6.36. The summed E-state index contributed by atoms with van der Waals surface area (Å²) in [6.07, 6.45) is 6.97. The van der Waals surface area contributed by atoms with Gasteiger partial charge >= 0.3 is 0 Å². The van der Waals surface area contributed by atoms with Crippen molar-refractivity contribution < 1.29 is 4.79 Å². The fourth-order valence-electron chi connectivity index (χ4n) is 3.79. The molecule has 1 saturated heterocycles. The minimum Gasteiger partial charge on any atom is -0.355 e. The number of fused-ring (bicyclic) bond motifs is 1. The van der Waals surface area contributed by atoms with E-state index in [0.717, 1.165) is 22.0 Å². The second kappa shape index (κ2) is 7.57. The van der Waals surface area contributed by atoms with Crippen LogP contribution in [-0.2, 0) is 4.79 Å². The number of hydrogen-bond acceptors (Lipinski definition) is 7. The number of thiophene rings is 1. The Labute approximate surface area is 187 Å². The van der Waals surface area contributed by atoms with E-state index >= 15 is 0 Å². The number of aromatic nitrogens is 6. The standard InChI is InChI=1S/C22H18N8OS/c31-22(15-12-28(13-15)18-11-19(24-14-23-18)30-9-4-7-25-30)27-21-20(16-5-3-10-32-16)26-17-6-1-2-8-29(17)21/h1-11,14-15H,12-13H2,(H,27,31). The molecule has 9 nitrogen and oxygen atoms in total. The van der Waals surface area contributed by atoms with Crippen LogP contribution in [0.25, 0.3) is 22.0 Å². The van der Waals surface area contributed by atoms with Crippen molar-refractivity contribution in [2.24, 2.45) is 5.92 Å². The summed E-state index contributed by atoms with van der Waals surface area (Å²) in [6.45, 7) is 1.18. The fraction of sp³-hybridized carbons (Fsp3) is 0.136. The van der Waals surface area contributed by atoms with Crippen molar-refractivity contribution >= 4 is 34.5 Å². The highest BCUT2D eigenvalue weighted by molar-refractivity contribution is 7.13. The van der Waals surface area contributed by atoms with Crippen molar-refractivity contribution in [2.45, 2.75) is 0 Å². The summed E-state index contributed by atoms with van der Waals surface area (Å²) in [5.74, 6) is 2.02. The van der Waals surface area contributed by atoms with E-state index in [1.54, 1.807) is 22.2 Å². The first-order chi connectivity index (χ1) is 15.8. The highest BCUT2D eigenvalue weighted by Gasteiger charge is 2.34. The number of pyridine rings is 1. The van der Waals surface area contributed by atoms with Crippen LogP contribution in [0.3, 0.4) is 0 Å². The molecule has 1 amide bonds. The molecule has 32 heavy (non-hydrogen) atoms. The van der Waals surface area contributed by atoms with E-state index in [1.807, 2.05) is 64.6 Å². The second-order valence-corrected chi connectivity index (χ2v) is 8.44. The molecule has 0 atom stereocenters. The van der Waals surface area contributed by atoms with Gasteiger partial charge in [0.05, 0.1) is 10.8 Å². The van der Waals surface area contributed by atoms with E-state index in [2.05, 4.69) is 25.3 Å². The van der Waals surface area contributed by atoms with E-state index in [0.29, 0.717) is 24.7 Å². The van der Waals surface area contributed by atoms with Crippen molar-refractivity contribution in [1.29, 1.82) is 0 Å². The Balaban J connectivity index is 1.20. The number of carbonyl (C=O) groups excluding carboxylic acids is 1. The molecule has 1 aliphatic heterocycles. The maximum atomic E-state index is 13.1. The van der Waals surface area contributed by atoms with Gasteiger partial charge in [0, 0.05) is 37.7 Å². The Morgan fingerprint density at radius 1 is 1.06 bits per heavy atom. The number of hydrogen-bond donors (Lipinski definition) is 1. The molecule has 0 spiro atoms. The largest absolute Gasteiger partial charge is 0.355 e. The molecule has 6 heterocycles. The van der Waals surface area contributed by atoms with Crippen LogP contribution >= 0.6 is 11.3 Å². The molecule has 1 N–H and O–H groups in total. The van der Waals surface area contributed by atoms with Gasteiger partial charge in [-0.15, -0.1) is 11.3 Å². The van der Waals surface area contributed by atoms with Gasteiger partial charge in [-0.25, -0.2) is 19.6 Å². The smallest absolute Gasteiger partial charge is 0.232 e. The van der Waals surface area contributed by atoms with E-state index < -0.39 is 0 Å². The Hall–Kier alpha value is -4.05. The van der Waals surface area contributed by atoms with E-state index in [-0.39, 0.29) is 11.8 Å². The Kier molecular flexibility index (Phi) is 4.43. The lowest BCUT2D eigenvalue weighted by Gasteiger charge is -2.39. The molecule has 10 heteroatoms.